The maximum Gasteiger partial charge on any atom is 0.407 e. The second-order valence-electron chi connectivity index (χ2n) is 8.62. The van der Waals surface area contributed by atoms with Gasteiger partial charge in [-0.3, -0.25) is 4.57 Å². The lowest BCUT2D eigenvalue weighted by molar-refractivity contribution is 0.0498. The number of amides is 1. The maximum atomic E-state index is 13.6. The molecular formula is C21H34NO5P. The van der Waals surface area contributed by atoms with Gasteiger partial charge in [0.05, 0.1) is 12.3 Å². The van der Waals surface area contributed by atoms with Gasteiger partial charge in [0.1, 0.15) is 11.4 Å². The fourth-order valence-electron chi connectivity index (χ4n) is 3.49. The Kier molecular flexibility index (Phi) is 8.38. The molecule has 1 aliphatic rings. The molecule has 158 valence electrons. The highest BCUT2D eigenvalue weighted by Gasteiger charge is 2.32. The molecule has 28 heavy (non-hydrogen) atoms. The van der Waals surface area contributed by atoms with Crippen LogP contribution in [0, 0.1) is 5.92 Å². The monoisotopic (exact) mass is 411 g/mol. The largest absolute Gasteiger partial charge is 0.444 e. The number of aliphatic hydroxyl groups excluding tert-OH is 1. The normalized spacial score (nSPS) is 18.7. The molecule has 0 aliphatic heterocycles. The van der Waals surface area contributed by atoms with Crippen molar-refractivity contribution in [1.29, 1.82) is 0 Å². The number of ether oxygens (including phenoxy) is 1. The number of alkyl carbamates (subject to hydrolysis) is 1. The van der Waals surface area contributed by atoms with Crippen LogP contribution in [0.5, 0.6) is 5.75 Å². The number of hydrogen-bond acceptors (Lipinski definition) is 5. The van der Waals surface area contributed by atoms with Crippen molar-refractivity contribution in [3.8, 4) is 5.75 Å². The Bertz CT molecular complexity index is 653. The van der Waals surface area contributed by atoms with Gasteiger partial charge in [-0.05, 0) is 51.7 Å². The topological polar surface area (TPSA) is 84.9 Å². The van der Waals surface area contributed by atoms with Crippen LogP contribution in [0.3, 0.4) is 0 Å². The molecule has 1 amide bonds. The predicted octanol–water partition coefficient (Wildman–Crippen LogP) is 4.81. The Balaban J connectivity index is 1.97. The number of rotatable bonds is 8. The average molecular weight is 411 g/mol. The molecular weight excluding hydrogens is 377 g/mol. The molecule has 2 atom stereocenters. The molecule has 2 unspecified atom stereocenters. The lowest BCUT2D eigenvalue weighted by Gasteiger charge is -2.28. The highest BCUT2D eigenvalue weighted by atomic mass is 31.2. The summed E-state index contributed by atoms with van der Waals surface area (Å²) in [5.74, 6) is 0.906. The number of hydrogen-bond donors (Lipinski definition) is 2. The summed E-state index contributed by atoms with van der Waals surface area (Å²) in [6, 6.07) is 9.10. The zero-order valence-corrected chi connectivity index (χ0v) is 18.1. The van der Waals surface area contributed by atoms with Gasteiger partial charge in [0.25, 0.3) is 7.37 Å². The quantitative estimate of drug-likeness (QED) is 0.600. The van der Waals surface area contributed by atoms with Crippen molar-refractivity contribution in [2.45, 2.75) is 64.6 Å². The van der Waals surface area contributed by atoms with E-state index in [4.69, 9.17) is 9.26 Å². The first kappa shape index (κ1) is 22.8. The molecule has 6 nitrogen and oxygen atoms in total. The van der Waals surface area contributed by atoms with Crippen molar-refractivity contribution < 1.29 is 23.7 Å². The van der Waals surface area contributed by atoms with E-state index in [2.05, 4.69) is 5.32 Å². The van der Waals surface area contributed by atoms with Gasteiger partial charge in [-0.1, -0.05) is 37.5 Å². The van der Waals surface area contributed by atoms with Crippen molar-refractivity contribution in [1.82, 2.24) is 5.32 Å². The molecule has 1 aromatic rings. The van der Waals surface area contributed by atoms with Gasteiger partial charge < -0.3 is 19.7 Å². The summed E-state index contributed by atoms with van der Waals surface area (Å²) >= 11 is 0. The first-order chi connectivity index (χ1) is 13.2. The second kappa shape index (κ2) is 10.3. The van der Waals surface area contributed by atoms with Gasteiger partial charge in [-0.15, -0.1) is 0 Å². The lowest BCUT2D eigenvalue weighted by Crippen LogP contribution is -2.38. The van der Waals surface area contributed by atoms with Crippen LogP contribution in [0.2, 0.25) is 0 Å². The SMILES string of the molecule is CC(C)(C)OC(=O)NCC(O)CP(=O)(CC1CCCCC1)Oc1ccccc1. The molecule has 0 radical (unpaired) electrons. The molecule has 1 aliphatic carbocycles. The Morgan fingerprint density at radius 2 is 1.86 bits per heavy atom. The van der Waals surface area contributed by atoms with E-state index in [1.807, 2.05) is 18.2 Å². The molecule has 1 saturated carbocycles. The first-order valence-electron chi connectivity index (χ1n) is 10.1. The molecule has 0 bridgehead atoms. The molecule has 0 heterocycles. The van der Waals surface area contributed by atoms with Gasteiger partial charge in [-0.25, -0.2) is 4.79 Å². The fraction of sp³-hybridized carbons (Fsp3) is 0.667. The zero-order chi connectivity index (χ0) is 20.6. The molecule has 0 saturated heterocycles. The third-order valence-electron chi connectivity index (χ3n) is 4.65. The van der Waals surface area contributed by atoms with E-state index in [1.54, 1.807) is 32.9 Å². The minimum atomic E-state index is -3.11. The van der Waals surface area contributed by atoms with Crippen LogP contribution < -0.4 is 9.84 Å². The number of carbonyl (C=O) groups excluding carboxylic acids is 1. The third-order valence-corrected chi connectivity index (χ3v) is 7.24. The minimum absolute atomic E-state index is 0.00813. The number of nitrogens with one attached hydrogen (secondary N) is 1. The van der Waals surface area contributed by atoms with Gasteiger partial charge in [0.15, 0.2) is 0 Å². The predicted molar refractivity (Wildman–Crippen MR) is 111 cm³/mol. The summed E-state index contributed by atoms with van der Waals surface area (Å²) < 4.78 is 24.7. The molecule has 1 aromatic carbocycles. The Labute approximate surface area is 168 Å². The van der Waals surface area contributed by atoms with Gasteiger partial charge in [0, 0.05) is 12.7 Å². The smallest absolute Gasteiger partial charge is 0.407 e. The molecule has 2 rings (SSSR count). The van der Waals surface area contributed by atoms with E-state index in [9.17, 15) is 14.5 Å². The van der Waals surface area contributed by atoms with Crippen molar-refractivity contribution >= 4 is 13.5 Å². The minimum Gasteiger partial charge on any atom is -0.444 e. The highest BCUT2D eigenvalue weighted by Crippen LogP contribution is 2.51. The number of para-hydroxylation sites is 1. The zero-order valence-electron chi connectivity index (χ0n) is 17.2. The Morgan fingerprint density at radius 3 is 2.46 bits per heavy atom. The van der Waals surface area contributed by atoms with E-state index in [-0.39, 0.29) is 12.7 Å². The van der Waals surface area contributed by atoms with E-state index in [0.717, 1.165) is 25.7 Å². The summed E-state index contributed by atoms with van der Waals surface area (Å²) in [6.07, 6.45) is 4.53. The summed E-state index contributed by atoms with van der Waals surface area (Å²) in [6.45, 7) is 5.29. The third kappa shape index (κ3) is 8.66. The highest BCUT2D eigenvalue weighted by molar-refractivity contribution is 7.59. The number of carbonyl (C=O) groups is 1. The molecule has 7 heteroatoms. The fourth-order valence-corrected chi connectivity index (χ4v) is 6.21. The summed E-state index contributed by atoms with van der Waals surface area (Å²) in [7, 11) is -3.11. The average Bonchev–Trinajstić information content (AvgIpc) is 2.60. The molecule has 0 spiro atoms. The molecule has 1 fully saturated rings. The van der Waals surface area contributed by atoms with Crippen molar-refractivity contribution in [3.05, 3.63) is 30.3 Å². The maximum absolute atomic E-state index is 13.6. The van der Waals surface area contributed by atoms with Crippen LogP contribution in [0.1, 0.15) is 52.9 Å². The Morgan fingerprint density at radius 1 is 1.21 bits per heavy atom. The van der Waals surface area contributed by atoms with Crippen LogP contribution in [0.15, 0.2) is 30.3 Å². The lowest BCUT2D eigenvalue weighted by atomic mass is 9.91. The Hall–Kier alpha value is -1.52. The number of aliphatic hydroxyl groups is 1. The first-order valence-corrected chi connectivity index (χ1v) is 12.1. The summed E-state index contributed by atoms with van der Waals surface area (Å²) in [5.41, 5.74) is -0.609. The van der Waals surface area contributed by atoms with Crippen molar-refractivity contribution in [3.63, 3.8) is 0 Å². The standard InChI is InChI=1S/C21H34NO5P/c1-21(2,3)26-20(24)22-14-18(23)16-28(25,15-17-10-6-4-7-11-17)27-19-12-8-5-9-13-19/h5,8-9,12-13,17-18,23H,4,6-7,10-11,14-16H2,1-3H3,(H,22,24). The van der Waals surface area contributed by atoms with E-state index >= 15 is 0 Å². The van der Waals surface area contributed by atoms with Crippen LogP contribution in [0.25, 0.3) is 0 Å². The molecule has 2 N–H and O–H groups in total. The van der Waals surface area contributed by atoms with Gasteiger partial charge in [-0.2, -0.15) is 0 Å². The van der Waals surface area contributed by atoms with Crippen molar-refractivity contribution in [2.75, 3.05) is 18.9 Å². The van der Waals surface area contributed by atoms with Crippen LogP contribution in [-0.2, 0) is 9.30 Å². The number of benzene rings is 1. The van der Waals surface area contributed by atoms with Gasteiger partial charge in [0.2, 0.25) is 0 Å². The second-order valence-corrected chi connectivity index (χ2v) is 11.2. The molecule has 0 aromatic heterocycles. The van der Waals surface area contributed by atoms with Gasteiger partial charge >= 0.3 is 6.09 Å². The summed E-state index contributed by atoms with van der Waals surface area (Å²) in [4.78, 5) is 11.8. The van der Waals surface area contributed by atoms with Crippen LogP contribution in [0.4, 0.5) is 4.79 Å². The van der Waals surface area contributed by atoms with E-state index < -0.39 is 25.2 Å². The summed E-state index contributed by atoms with van der Waals surface area (Å²) in [5, 5.41) is 13.0. The van der Waals surface area contributed by atoms with Crippen LogP contribution >= 0.6 is 7.37 Å². The van der Waals surface area contributed by atoms with E-state index in [1.165, 1.54) is 6.42 Å². The van der Waals surface area contributed by atoms with Crippen molar-refractivity contribution in [2.24, 2.45) is 5.92 Å². The van der Waals surface area contributed by atoms with Crippen LogP contribution in [-0.4, -0.2) is 41.8 Å². The van der Waals surface area contributed by atoms with E-state index in [0.29, 0.717) is 17.8 Å².